The lowest BCUT2D eigenvalue weighted by molar-refractivity contribution is -0.204. The zero-order chi connectivity index (χ0) is 17.7. The van der Waals surface area contributed by atoms with Gasteiger partial charge in [-0.05, 0) is 18.6 Å². The van der Waals surface area contributed by atoms with Crippen LogP contribution in [0.5, 0.6) is 0 Å². The van der Waals surface area contributed by atoms with Crippen molar-refractivity contribution >= 4 is 23.7 Å². The monoisotopic (exact) mass is 352 g/mol. The summed E-state index contributed by atoms with van der Waals surface area (Å²) in [4.78, 5) is 24.0. The molecule has 0 saturated carbocycles. The first-order chi connectivity index (χ1) is 11.4. The molecule has 6 heteroatoms. The maximum absolute atomic E-state index is 11.5. The number of carbonyl (C=O) groups excluding carboxylic acids is 2. The van der Waals surface area contributed by atoms with Gasteiger partial charge >= 0.3 is 11.9 Å². The van der Waals surface area contributed by atoms with Gasteiger partial charge in [-0.1, -0.05) is 43.8 Å². The summed E-state index contributed by atoms with van der Waals surface area (Å²) in [5.41, 5.74) is -0.344. The molecule has 0 aliphatic carbocycles. The second-order valence-electron chi connectivity index (χ2n) is 5.89. The van der Waals surface area contributed by atoms with E-state index in [0.717, 1.165) is 4.90 Å². The first kappa shape index (κ1) is 18.8. The van der Waals surface area contributed by atoms with Crippen molar-refractivity contribution in [2.75, 3.05) is 0 Å². The Labute approximate surface area is 147 Å². The van der Waals surface area contributed by atoms with E-state index in [0.29, 0.717) is 6.42 Å². The number of thioether (sulfide) groups is 1. The molecule has 5 atom stereocenters. The molecule has 0 radical (unpaired) electrons. The van der Waals surface area contributed by atoms with Crippen LogP contribution in [0.3, 0.4) is 0 Å². The van der Waals surface area contributed by atoms with Gasteiger partial charge in [-0.2, -0.15) is 0 Å². The minimum atomic E-state index is -0.486. The number of ether oxygens (including phenoxy) is 3. The van der Waals surface area contributed by atoms with Gasteiger partial charge in [0.05, 0.1) is 6.10 Å². The molecule has 1 heterocycles. The summed E-state index contributed by atoms with van der Waals surface area (Å²) in [5, 5.41) is 0. The van der Waals surface area contributed by atoms with E-state index in [1.54, 1.807) is 0 Å². The Bertz CT molecular complexity index is 562. The van der Waals surface area contributed by atoms with Crippen molar-refractivity contribution in [3.05, 3.63) is 30.3 Å². The molecule has 0 bridgehead atoms. The fraction of sp³-hybridized carbons (Fsp3) is 0.556. The molecule has 1 fully saturated rings. The highest BCUT2D eigenvalue weighted by Gasteiger charge is 2.46. The summed E-state index contributed by atoms with van der Waals surface area (Å²) in [6.07, 6.45) is -0.428. The molecular formula is C18H24O5S. The molecule has 2 unspecified atom stereocenters. The van der Waals surface area contributed by atoms with Crippen LogP contribution in [0.1, 0.15) is 34.1 Å². The molecular weight excluding hydrogens is 328 g/mol. The van der Waals surface area contributed by atoms with Gasteiger partial charge in [0.15, 0.2) is 0 Å². The Balaban J connectivity index is 2.23. The van der Waals surface area contributed by atoms with Crippen molar-refractivity contribution in [1.29, 1.82) is 0 Å². The molecule has 0 N–H and O–H groups in total. The lowest BCUT2D eigenvalue weighted by Gasteiger charge is -2.44. The molecule has 1 aromatic carbocycles. The first-order valence-electron chi connectivity index (χ1n) is 8.14. The van der Waals surface area contributed by atoms with Crippen molar-refractivity contribution in [2.24, 2.45) is 5.92 Å². The van der Waals surface area contributed by atoms with Crippen LogP contribution < -0.4 is 0 Å². The summed E-state index contributed by atoms with van der Waals surface area (Å²) >= 11 is 1.52. The Hall–Kier alpha value is -1.53. The average Bonchev–Trinajstić information content (AvgIpc) is 2.53. The fourth-order valence-electron chi connectivity index (χ4n) is 2.89. The molecule has 1 saturated heterocycles. The highest BCUT2D eigenvalue weighted by molar-refractivity contribution is 7.99. The third-order valence-corrected chi connectivity index (χ3v) is 5.14. The maximum Gasteiger partial charge on any atom is 0.303 e. The lowest BCUT2D eigenvalue weighted by Crippen LogP contribution is -2.54. The predicted octanol–water partition coefficient (Wildman–Crippen LogP) is 3.41. The predicted molar refractivity (Wildman–Crippen MR) is 91.5 cm³/mol. The van der Waals surface area contributed by atoms with Crippen LogP contribution in [0.2, 0.25) is 0 Å². The molecule has 1 aromatic rings. The topological polar surface area (TPSA) is 61.8 Å². The Kier molecular flexibility index (Phi) is 6.69. The molecule has 0 amide bonds. The molecule has 0 aromatic heterocycles. The molecule has 1 aliphatic heterocycles. The molecule has 2 rings (SSSR count). The summed E-state index contributed by atoms with van der Waals surface area (Å²) in [7, 11) is 0. The van der Waals surface area contributed by atoms with E-state index in [-0.39, 0.29) is 29.4 Å². The highest BCUT2D eigenvalue weighted by Crippen LogP contribution is 2.39. The first-order valence-corrected chi connectivity index (χ1v) is 9.02. The van der Waals surface area contributed by atoms with E-state index < -0.39 is 12.2 Å². The van der Waals surface area contributed by atoms with Crippen molar-refractivity contribution in [1.82, 2.24) is 0 Å². The number of hydrogen-bond donors (Lipinski definition) is 0. The second-order valence-corrected chi connectivity index (χ2v) is 7.06. The van der Waals surface area contributed by atoms with Gasteiger partial charge in [-0.3, -0.25) is 9.59 Å². The SMILES string of the molecule is CCC1O[C@@H](Sc2ccccc2)C(OC(C)=O)[C@@H](C)[C@H]1OC(C)=O. The Morgan fingerprint density at radius 2 is 1.67 bits per heavy atom. The zero-order valence-electron chi connectivity index (χ0n) is 14.4. The van der Waals surface area contributed by atoms with Crippen LogP contribution in [0.25, 0.3) is 0 Å². The van der Waals surface area contributed by atoms with Crippen LogP contribution in [0, 0.1) is 5.92 Å². The summed E-state index contributed by atoms with van der Waals surface area (Å²) < 4.78 is 17.1. The third kappa shape index (κ3) is 4.74. The number of benzene rings is 1. The minimum Gasteiger partial charge on any atom is -0.459 e. The number of rotatable bonds is 5. The zero-order valence-corrected chi connectivity index (χ0v) is 15.2. The van der Waals surface area contributed by atoms with E-state index in [2.05, 4.69) is 0 Å². The van der Waals surface area contributed by atoms with E-state index in [9.17, 15) is 9.59 Å². The second kappa shape index (κ2) is 8.53. The van der Waals surface area contributed by atoms with Crippen LogP contribution in [-0.2, 0) is 23.8 Å². The van der Waals surface area contributed by atoms with Crippen molar-refractivity contribution < 1.29 is 23.8 Å². The Morgan fingerprint density at radius 1 is 1.08 bits per heavy atom. The van der Waals surface area contributed by atoms with Gasteiger partial charge in [0.25, 0.3) is 0 Å². The van der Waals surface area contributed by atoms with E-state index >= 15 is 0 Å². The van der Waals surface area contributed by atoms with Gasteiger partial charge in [0, 0.05) is 24.7 Å². The number of hydrogen-bond acceptors (Lipinski definition) is 6. The van der Waals surface area contributed by atoms with Crippen LogP contribution >= 0.6 is 11.8 Å². The Morgan fingerprint density at radius 3 is 2.21 bits per heavy atom. The smallest absolute Gasteiger partial charge is 0.303 e. The van der Waals surface area contributed by atoms with Crippen molar-refractivity contribution in [3.8, 4) is 0 Å². The summed E-state index contributed by atoms with van der Waals surface area (Å²) in [6, 6.07) is 9.83. The number of esters is 2. The fourth-order valence-corrected chi connectivity index (χ4v) is 4.10. The van der Waals surface area contributed by atoms with Gasteiger partial charge in [-0.15, -0.1) is 0 Å². The number of carbonyl (C=O) groups is 2. The van der Waals surface area contributed by atoms with Gasteiger partial charge in [0.2, 0.25) is 0 Å². The van der Waals surface area contributed by atoms with Crippen LogP contribution in [0.4, 0.5) is 0 Å². The summed E-state index contributed by atoms with van der Waals surface area (Å²) in [6.45, 7) is 6.68. The molecule has 24 heavy (non-hydrogen) atoms. The van der Waals surface area contributed by atoms with E-state index in [1.807, 2.05) is 44.2 Å². The van der Waals surface area contributed by atoms with Gasteiger partial charge in [-0.25, -0.2) is 0 Å². The van der Waals surface area contributed by atoms with E-state index in [4.69, 9.17) is 14.2 Å². The molecule has 5 nitrogen and oxygen atoms in total. The van der Waals surface area contributed by atoms with Crippen LogP contribution in [-0.4, -0.2) is 35.7 Å². The average molecular weight is 352 g/mol. The standard InChI is InChI=1S/C18H24O5S/c1-5-15-16(21-12(3)19)11(2)17(22-13(4)20)18(23-15)24-14-9-7-6-8-10-14/h6-11,15-18H,5H2,1-4H3/t11-,15?,16+,17?,18-/m0/s1. The van der Waals surface area contributed by atoms with Crippen LogP contribution in [0.15, 0.2) is 35.2 Å². The quantitative estimate of drug-likeness (QED) is 0.757. The van der Waals surface area contributed by atoms with Crippen molar-refractivity contribution in [3.63, 3.8) is 0 Å². The highest BCUT2D eigenvalue weighted by atomic mass is 32.2. The lowest BCUT2D eigenvalue weighted by atomic mass is 9.90. The molecule has 132 valence electrons. The summed E-state index contributed by atoms with van der Waals surface area (Å²) in [5.74, 6) is -0.881. The van der Waals surface area contributed by atoms with E-state index in [1.165, 1.54) is 25.6 Å². The third-order valence-electron chi connectivity index (χ3n) is 3.98. The van der Waals surface area contributed by atoms with Crippen molar-refractivity contribution in [2.45, 2.75) is 62.8 Å². The molecule has 0 spiro atoms. The normalized spacial score (nSPS) is 29.8. The maximum atomic E-state index is 11.5. The minimum absolute atomic E-state index is 0.155. The van der Waals surface area contributed by atoms with Gasteiger partial charge < -0.3 is 14.2 Å². The molecule has 1 aliphatic rings. The van der Waals surface area contributed by atoms with Gasteiger partial charge in [0.1, 0.15) is 17.6 Å². The largest absolute Gasteiger partial charge is 0.459 e.